The van der Waals surface area contributed by atoms with E-state index in [0.29, 0.717) is 66.1 Å². The molecule has 31 heavy (non-hydrogen) atoms. The van der Waals surface area contributed by atoms with Crippen LogP contribution in [0.3, 0.4) is 0 Å². The van der Waals surface area contributed by atoms with Gasteiger partial charge in [0.2, 0.25) is 0 Å². The molecule has 0 unspecified atom stereocenters. The van der Waals surface area contributed by atoms with Crippen LogP contribution in [0.4, 0.5) is 0 Å². The van der Waals surface area contributed by atoms with E-state index >= 15 is 0 Å². The van der Waals surface area contributed by atoms with Gasteiger partial charge in [0, 0.05) is 7.11 Å². The van der Waals surface area contributed by atoms with Crippen molar-refractivity contribution in [2.45, 2.75) is 30.7 Å². The molecule has 12 nitrogen and oxygen atoms in total. The average Bonchev–Trinajstić information content (AvgIpc) is 2.78. The van der Waals surface area contributed by atoms with Crippen molar-refractivity contribution in [1.82, 2.24) is 0 Å². The van der Waals surface area contributed by atoms with Crippen LogP contribution in [0.1, 0.15) is 0 Å². The maximum Gasteiger partial charge on any atom is 0.186 e. The van der Waals surface area contributed by atoms with Gasteiger partial charge in [-0.25, -0.2) is 0 Å². The molecule has 5 atom stereocenters. The van der Waals surface area contributed by atoms with E-state index in [2.05, 4.69) is 0 Å². The van der Waals surface area contributed by atoms with E-state index in [1.165, 1.54) is 0 Å². The van der Waals surface area contributed by atoms with Crippen LogP contribution in [0.5, 0.6) is 0 Å². The predicted octanol–water partition coefficient (Wildman–Crippen LogP) is -2.47. The van der Waals surface area contributed by atoms with Gasteiger partial charge in [0.15, 0.2) is 6.29 Å². The summed E-state index contributed by atoms with van der Waals surface area (Å²) < 4.78 is 42.1. The zero-order valence-electron chi connectivity index (χ0n) is 18.1. The van der Waals surface area contributed by atoms with Crippen molar-refractivity contribution in [2.24, 2.45) is 0 Å². The van der Waals surface area contributed by atoms with Gasteiger partial charge in [-0.15, -0.1) is 0 Å². The predicted molar refractivity (Wildman–Crippen MR) is 106 cm³/mol. The second-order valence-electron chi connectivity index (χ2n) is 6.62. The minimum Gasteiger partial charge on any atom is -0.394 e. The Hall–Kier alpha value is -0.480. The van der Waals surface area contributed by atoms with Crippen molar-refractivity contribution in [3.05, 3.63) is 0 Å². The molecule has 4 N–H and O–H groups in total. The first kappa shape index (κ1) is 28.6. The highest BCUT2D eigenvalue weighted by molar-refractivity contribution is 4.88. The van der Waals surface area contributed by atoms with Crippen molar-refractivity contribution in [1.29, 1.82) is 0 Å². The topological polar surface area (TPSA) is 155 Å². The fourth-order valence-electron chi connectivity index (χ4n) is 2.55. The van der Waals surface area contributed by atoms with Gasteiger partial charge in [-0.05, 0) is 0 Å². The third-order valence-electron chi connectivity index (χ3n) is 4.28. The lowest BCUT2D eigenvalue weighted by atomic mass is 9.99. The highest BCUT2D eigenvalue weighted by Crippen LogP contribution is 2.21. The van der Waals surface area contributed by atoms with Crippen LogP contribution in [-0.2, 0) is 37.9 Å². The van der Waals surface area contributed by atoms with E-state index in [0.717, 1.165) is 0 Å². The van der Waals surface area contributed by atoms with E-state index in [1.54, 1.807) is 7.11 Å². The second kappa shape index (κ2) is 19.0. The van der Waals surface area contributed by atoms with Gasteiger partial charge < -0.3 is 58.3 Å². The number of hydrogen-bond donors (Lipinski definition) is 4. The third-order valence-corrected chi connectivity index (χ3v) is 4.28. The molecule has 0 aromatic rings. The summed E-state index contributed by atoms with van der Waals surface area (Å²) in [5.74, 6) is 0. The molecule has 1 rings (SSSR count). The lowest BCUT2D eigenvalue weighted by Gasteiger charge is -2.39. The largest absolute Gasteiger partial charge is 0.394 e. The summed E-state index contributed by atoms with van der Waals surface area (Å²) in [5.41, 5.74) is 0. The molecular formula is C19H38O12. The van der Waals surface area contributed by atoms with Crippen LogP contribution in [0, 0.1) is 0 Å². The van der Waals surface area contributed by atoms with Crippen molar-refractivity contribution < 1.29 is 58.3 Å². The lowest BCUT2D eigenvalue weighted by Crippen LogP contribution is -2.59. The summed E-state index contributed by atoms with van der Waals surface area (Å²) in [5, 5.41) is 38.3. The molecule has 0 spiro atoms. The van der Waals surface area contributed by atoms with Gasteiger partial charge in [0.05, 0.1) is 85.9 Å². The van der Waals surface area contributed by atoms with Gasteiger partial charge >= 0.3 is 0 Å². The van der Waals surface area contributed by atoms with Crippen molar-refractivity contribution in [2.75, 3.05) is 93.0 Å². The quantitative estimate of drug-likeness (QED) is 0.143. The van der Waals surface area contributed by atoms with Crippen LogP contribution in [-0.4, -0.2) is 144 Å². The molecule has 1 fully saturated rings. The first-order chi connectivity index (χ1) is 15.1. The van der Waals surface area contributed by atoms with Crippen molar-refractivity contribution >= 4 is 0 Å². The number of aliphatic hydroxyl groups is 4. The molecule has 186 valence electrons. The number of aliphatic hydroxyl groups excluding tert-OH is 4. The number of rotatable bonds is 20. The van der Waals surface area contributed by atoms with E-state index in [1.807, 2.05) is 0 Å². The first-order valence-electron chi connectivity index (χ1n) is 10.4. The highest BCUT2D eigenvalue weighted by Gasteiger charge is 2.43. The van der Waals surface area contributed by atoms with Gasteiger partial charge in [0.25, 0.3) is 0 Å². The summed E-state index contributed by atoms with van der Waals surface area (Å²) in [6.45, 7) is 4.60. The summed E-state index contributed by atoms with van der Waals surface area (Å²) >= 11 is 0. The Labute approximate surface area is 182 Å². The minimum atomic E-state index is -1.46. The molecular weight excluding hydrogens is 420 g/mol. The molecule has 0 saturated carbocycles. The molecule has 1 saturated heterocycles. The van der Waals surface area contributed by atoms with Crippen LogP contribution in [0.25, 0.3) is 0 Å². The number of ether oxygens (including phenoxy) is 8. The highest BCUT2D eigenvalue weighted by atomic mass is 16.7. The maximum absolute atomic E-state index is 9.83. The number of methoxy groups -OCH3 is 1. The Balaban J connectivity index is 1.84. The molecule has 1 aliphatic rings. The van der Waals surface area contributed by atoms with Gasteiger partial charge in [-0.2, -0.15) is 0 Å². The molecule has 0 radical (unpaired) electrons. The van der Waals surface area contributed by atoms with E-state index in [-0.39, 0.29) is 13.2 Å². The smallest absolute Gasteiger partial charge is 0.186 e. The standard InChI is InChI=1S/C19H38O12/c1-24-2-3-25-4-5-26-6-7-27-8-9-28-10-11-29-12-13-30-19-18(23)17(22)16(21)15(14-20)31-19/h15-23H,2-14H2,1H3/t15-,16-,17+,18-,19-/m1/s1. The van der Waals surface area contributed by atoms with E-state index in [4.69, 9.17) is 43.0 Å². The Morgan fingerprint density at radius 3 is 1.42 bits per heavy atom. The molecule has 1 heterocycles. The zero-order valence-corrected chi connectivity index (χ0v) is 18.1. The fourth-order valence-corrected chi connectivity index (χ4v) is 2.55. The van der Waals surface area contributed by atoms with Gasteiger partial charge in [0.1, 0.15) is 24.4 Å². The van der Waals surface area contributed by atoms with Crippen LogP contribution in [0.15, 0.2) is 0 Å². The van der Waals surface area contributed by atoms with Crippen LogP contribution >= 0.6 is 0 Å². The Morgan fingerprint density at radius 1 is 0.581 bits per heavy atom. The SMILES string of the molecule is COCCOCCOCCOCCOCCOCCO[C@@H]1O[C@H](CO)[C@@H](O)[C@H](O)[C@H]1O. The normalized spacial score (nSPS) is 26.4. The van der Waals surface area contributed by atoms with Crippen molar-refractivity contribution in [3.63, 3.8) is 0 Å². The third kappa shape index (κ3) is 13.0. The van der Waals surface area contributed by atoms with Crippen LogP contribution in [0.2, 0.25) is 0 Å². The molecule has 0 aliphatic carbocycles. The van der Waals surface area contributed by atoms with E-state index in [9.17, 15) is 15.3 Å². The van der Waals surface area contributed by atoms with Crippen LogP contribution < -0.4 is 0 Å². The Bertz CT molecular complexity index is 400. The van der Waals surface area contributed by atoms with E-state index < -0.39 is 37.3 Å². The maximum atomic E-state index is 9.83. The van der Waals surface area contributed by atoms with Gasteiger partial charge in [-0.1, -0.05) is 0 Å². The summed E-state index contributed by atoms with van der Waals surface area (Å²) in [6.07, 6.45) is -6.43. The molecule has 0 bridgehead atoms. The zero-order chi connectivity index (χ0) is 22.7. The second-order valence-corrected chi connectivity index (χ2v) is 6.62. The summed E-state index contributed by atoms with van der Waals surface area (Å²) in [7, 11) is 1.63. The minimum absolute atomic E-state index is 0.100. The monoisotopic (exact) mass is 458 g/mol. The number of hydrogen-bond acceptors (Lipinski definition) is 12. The van der Waals surface area contributed by atoms with Gasteiger partial charge in [-0.3, -0.25) is 0 Å². The fraction of sp³-hybridized carbons (Fsp3) is 1.00. The summed E-state index contributed by atoms with van der Waals surface area (Å²) in [4.78, 5) is 0. The lowest BCUT2D eigenvalue weighted by molar-refractivity contribution is -0.302. The Morgan fingerprint density at radius 2 is 1.00 bits per heavy atom. The molecule has 0 aromatic heterocycles. The Kier molecular flexibility index (Phi) is 17.5. The molecule has 1 aliphatic heterocycles. The average molecular weight is 459 g/mol. The molecule has 0 aromatic carbocycles. The molecule has 0 amide bonds. The first-order valence-corrected chi connectivity index (χ1v) is 10.4. The summed E-state index contributed by atoms with van der Waals surface area (Å²) in [6, 6.07) is 0. The van der Waals surface area contributed by atoms with Crippen molar-refractivity contribution in [3.8, 4) is 0 Å². The molecule has 12 heteroatoms.